The molecule has 7 rings (SSSR count). The van der Waals surface area contributed by atoms with E-state index in [0.717, 1.165) is 28.7 Å². The lowest BCUT2D eigenvalue weighted by Gasteiger charge is -2.27. The quantitative estimate of drug-likeness (QED) is 0.0847. The van der Waals surface area contributed by atoms with E-state index in [2.05, 4.69) is 27.5 Å². The van der Waals surface area contributed by atoms with Crippen molar-refractivity contribution in [1.82, 2.24) is 20.1 Å². The molecule has 17 heteroatoms. The minimum atomic E-state index is -1.36. The van der Waals surface area contributed by atoms with Crippen LogP contribution in [0.5, 0.6) is 5.75 Å². The Balaban J connectivity index is 0.816. The monoisotopic (exact) mass is 823 g/mol. The zero-order chi connectivity index (χ0) is 41.5. The highest BCUT2D eigenvalue weighted by Gasteiger charge is 2.45. The Morgan fingerprint density at radius 1 is 0.966 bits per heavy atom. The van der Waals surface area contributed by atoms with Gasteiger partial charge in [-0.05, 0) is 66.8 Å². The van der Waals surface area contributed by atoms with Gasteiger partial charge in [-0.3, -0.25) is 44.3 Å². The second-order valence-electron chi connectivity index (χ2n) is 13.7. The second-order valence-corrected chi connectivity index (χ2v) is 14.6. The highest BCUT2D eigenvalue weighted by atomic mass is 32.1. The van der Waals surface area contributed by atoms with Gasteiger partial charge in [-0.25, -0.2) is 9.37 Å². The van der Waals surface area contributed by atoms with Crippen LogP contribution in [0.2, 0.25) is 0 Å². The van der Waals surface area contributed by atoms with E-state index in [9.17, 15) is 38.3 Å². The van der Waals surface area contributed by atoms with Crippen molar-refractivity contribution < 1.29 is 52.5 Å². The number of ether oxygens (including phenoxy) is 3. The number of phenols is 1. The van der Waals surface area contributed by atoms with E-state index in [1.807, 2.05) is 0 Å². The van der Waals surface area contributed by atoms with Crippen LogP contribution in [0.15, 0.2) is 66.2 Å². The fourth-order valence-electron chi connectivity index (χ4n) is 7.10. The van der Waals surface area contributed by atoms with Crippen LogP contribution in [-0.4, -0.2) is 101 Å². The molecule has 59 heavy (non-hydrogen) atoms. The molecular weight excluding hydrogens is 786 g/mol. The van der Waals surface area contributed by atoms with Gasteiger partial charge in [0.2, 0.25) is 11.8 Å². The first kappa shape index (κ1) is 40.9. The number of nitrogens with zero attached hydrogens (tertiary/aromatic N) is 3. The van der Waals surface area contributed by atoms with Crippen molar-refractivity contribution in [2.45, 2.75) is 44.3 Å². The maximum atomic E-state index is 14.3. The lowest BCUT2D eigenvalue weighted by atomic mass is 10.0. The van der Waals surface area contributed by atoms with Crippen LogP contribution in [0, 0.1) is 17.7 Å². The summed E-state index contributed by atoms with van der Waals surface area (Å²) in [6, 6.07) is 11.1. The van der Waals surface area contributed by atoms with Crippen LogP contribution >= 0.6 is 11.3 Å². The first-order chi connectivity index (χ1) is 28.6. The van der Waals surface area contributed by atoms with Crippen molar-refractivity contribution in [3.8, 4) is 17.6 Å². The topological polar surface area (TPSA) is 194 Å². The standard InChI is InChI=1S/C42H38FN5O10S/c43-28-9-12-33(49)31(23-28)36(38(52)46-42-44-14-21-59-42)47-24-27-6-1-5-26(35(27)41(47)55)7-3-16-57-18-20-58-19-17-56-15-2-4-25-8-10-29-30(22-25)40(54)48(39(29)53)32-11-13-34(50)45-37(32)51/h1,5-6,8-10,12,14,21-23,32,36,49H,2,4,11,13,15-20,24H2,(H,44,46,52)(H,45,50,51). The molecule has 0 aliphatic carbocycles. The van der Waals surface area contributed by atoms with Gasteiger partial charge >= 0.3 is 0 Å². The molecular formula is C42H38FN5O10S. The summed E-state index contributed by atoms with van der Waals surface area (Å²) in [7, 11) is 0. The van der Waals surface area contributed by atoms with Gasteiger partial charge in [0.15, 0.2) is 5.13 Å². The molecule has 1 saturated heterocycles. The van der Waals surface area contributed by atoms with Gasteiger partial charge in [0.1, 0.15) is 30.3 Å². The normalized spacial score (nSPS) is 16.4. The van der Waals surface area contributed by atoms with Gasteiger partial charge in [-0.15, -0.1) is 11.3 Å². The van der Waals surface area contributed by atoms with E-state index in [4.69, 9.17) is 14.2 Å². The average molecular weight is 824 g/mol. The van der Waals surface area contributed by atoms with Gasteiger partial charge < -0.3 is 24.2 Å². The van der Waals surface area contributed by atoms with Gasteiger partial charge in [0, 0.05) is 42.3 Å². The smallest absolute Gasteiger partial charge is 0.262 e. The minimum absolute atomic E-state index is 0.0295. The van der Waals surface area contributed by atoms with Crippen molar-refractivity contribution in [1.29, 1.82) is 0 Å². The zero-order valence-electron chi connectivity index (χ0n) is 31.5. The van der Waals surface area contributed by atoms with E-state index in [1.165, 1.54) is 22.4 Å². The molecule has 15 nitrogen and oxygen atoms in total. The summed E-state index contributed by atoms with van der Waals surface area (Å²) >= 11 is 1.18. The number of carbonyl (C=O) groups is 6. The number of imide groups is 2. The molecule has 4 heterocycles. The molecule has 0 spiro atoms. The first-order valence-electron chi connectivity index (χ1n) is 18.8. The Labute approximate surface area is 341 Å². The van der Waals surface area contributed by atoms with Crippen LogP contribution in [-0.2, 0) is 41.6 Å². The number of hydrogen-bond acceptors (Lipinski definition) is 12. The number of benzene rings is 3. The molecule has 3 aromatic carbocycles. The predicted octanol–water partition coefficient (Wildman–Crippen LogP) is 3.76. The number of hydrogen-bond donors (Lipinski definition) is 3. The summed E-state index contributed by atoms with van der Waals surface area (Å²) < 4.78 is 31.1. The number of aryl methyl sites for hydroxylation is 1. The van der Waals surface area contributed by atoms with Crippen LogP contribution < -0.4 is 10.6 Å². The lowest BCUT2D eigenvalue weighted by molar-refractivity contribution is -0.136. The van der Waals surface area contributed by atoms with Crippen molar-refractivity contribution in [3.05, 3.63) is 111 Å². The SMILES string of the molecule is O=C1CCC(N2C(=O)c3ccc(CCCOCCOCCOCC#Cc4cccc5c4C(=O)N(C(C(=O)Nc4nccs4)c4cc(F)ccc4O)C5)cc3C2=O)C(=O)N1. The maximum absolute atomic E-state index is 14.3. The van der Waals surface area contributed by atoms with E-state index in [0.29, 0.717) is 56.0 Å². The number of halogens is 1. The first-order valence-corrected chi connectivity index (χ1v) is 19.7. The van der Waals surface area contributed by atoms with Gasteiger partial charge in [-0.2, -0.15) is 0 Å². The number of carbonyl (C=O) groups excluding carboxylic acids is 6. The molecule has 3 aliphatic rings. The van der Waals surface area contributed by atoms with E-state index in [-0.39, 0.29) is 60.2 Å². The van der Waals surface area contributed by atoms with Crippen LogP contribution in [0.3, 0.4) is 0 Å². The van der Waals surface area contributed by atoms with E-state index < -0.39 is 53.3 Å². The van der Waals surface area contributed by atoms with Crippen molar-refractivity contribution in [3.63, 3.8) is 0 Å². The molecule has 0 saturated carbocycles. The predicted molar refractivity (Wildman–Crippen MR) is 209 cm³/mol. The number of amides is 6. The highest BCUT2D eigenvalue weighted by Crippen LogP contribution is 2.37. The third kappa shape index (κ3) is 9.21. The summed E-state index contributed by atoms with van der Waals surface area (Å²) in [5.41, 5.74) is 2.64. The van der Waals surface area contributed by atoms with Crippen LogP contribution in [0.4, 0.5) is 9.52 Å². The maximum Gasteiger partial charge on any atom is 0.262 e. The fourth-order valence-corrected chi connectivity index (χ4v) is 7.63. The molecule has 304 valence electrons. The van der Waals surface area contributed by atoms with Crippen molar-refractivity contribution in [2.24, 2.45) is 0 Å². The molecule has 0 radical (unpaired) electrons. The zero-order valence-corrected chi connectivity index (χ0v) is 32.3. The van der Waals surface area contributed by atoms with Crippen LogP contribution in [0.1, 0.15) is 78.6 Å². The summed E-state index contributed by atoms with van der Waals surface area (Å²) in [6.07, 6.45) is 2.93. The molecule has 2 unspecified atom stereocenters. The van der Waals surface area contributed by atoms with Crippen molar-refractivity contribution >= 4 is 51.9 Å². The van der Waals surface area contributed by atoms with E-state index >= 15 is 0 Å². The van der Waals surface area contributed by atoms with E-state index in [1.54, 1.807) is 41.8 Å². The Morgan fingerprint density at radius 2 is 1.75 bits per heavy atom. The summed E-state index contributed by atoms with van der Waals surface area (Å²) in [4.78, 5) is 83.4. The lowest BCUT2D eigenvalue weighted by Crippen LogP contribution is -2.54. The number of aromatic nitrogens is 1. The molecule has 3 N–H and O–H groups in total. The van der Waals surface area contributed by atoms with Crippen LogP contribution in [0.25, 0.3) is 0 Å². The third-order valence-electron chi connectivity index (χ3n) is 9.87. The van der Waals surface area contributed by atoms with Gasteiger partial charge in [0.05, 0.1) is 43.1 Å². The average Bonchev–Trinajstić information content (AvgIpc) is 3.92. The Hall–Kier alpha value is -6.32. The number of nitrogens with one attached hydrogen (secondary N) is 2. The Morgan fingerprint density at radius 3 is 2.53 bits per heavy atom. The fraction of sp³-hybridized carbons (Fsp3) is 0.310. The molecule has 4 aromatic rings. The summed E-state index contributed by atoms with van der Waals surface area (Å²) in [5.74, 6) is 1.57. The summed E-state index contributed by atoms with van der Waals surface area (Å²) in [6.45, 7) is 1.80. The Kier molecular flexibility index (Phi) is 12.8. The number of rotatable bonds is 16. The van der Waals surface area contributed by atoms with Gasteiger partial charge in [-0.1, -0.05) is 30.0 Å². The van der Waals surface area contributed by atoms with Gasteiger partial charge in [0.25, 0.3) is 23.6 Å². The molecule has 6 amide bonds. The minimum Gasteiger partial charge on any atom is -0.508 e. The molecule has 1 aromatic heterocycles. The molecule has 0 bridgehead atoms. The number of anilines is 1. The number of phenolic OH excluding ortho intramolecular Hbond substituents is 1. The number of piperidine rings is 1. The largest absolute Gasteiger partial charge is 0.508 e. The molecule has 2 atom stereocenters. The summed E-state index contributed by atoms with van der Waals surface area (Å²) in [5, 5.41) is 17.4. The second kappa shape index (κ2) is 18.5. The number of aromatic hydroxyl groups is 1. The molecule has 1 fully saturated rings. The number of fused-ring (bicyclic) bond motifs is 2. The molecule has 3 aliphatic heterocycles. The highest BCUT2D eigenvalue weighted by molar-refractivity contribution is 7.13. The number of thiazole rings is 1. The third-order valence-corrected chi connectivity index (χ3v) is 10.6. The Bertz CT molecular complexity index is 2360. The van der Waals surface area contributed by atoms with Crippen molar-refractivity contribution in [2.75, 3.05) is 45.0 Å².